The second-order valence-corrected chi connectivity index (χ2v) is 4.10. The van der Waals surface area contributed by atoms with Crippen LogP contribution in [0.15, 0.2) is 16.6 Å². The van der Waals surface area contributed by atoms with Gasteiger partial charge in [0.15, 0.2) is 0 Å². The van der Waals surface area contributed by atoms with Crippen molar-refractivity contribution in [3.63, 3.8) is 0 Å². The molecule has 3 nitrogen and oxygen atoms in total. The number of ether oxygens (including phenoxy) is 2. The van der Waals surface area contributed by atoms with Gasteiger partial charge in [0.1, 0.15) is 17.5 Å². The minimum absolute atomic E-state index is 0.0579. The van der Waals surface area contributed by atoms with E-state index in [0.717, 1.165) is 0 Å². The van der Waals surface area contributed by atoms with E-state index >= 15 is 0 Å². The fourth-order valence-electron chi connectivity index (χ4n) is 1.30. The Labute approximate surface area is 105 Å². The fourth-order valence-corrected chi connectivity index (χ4v) is 1.79. The lowest BCUT2D eigenvalue weighted by atomic mass is 10.1. The summed E-state index contributed by atoms with van der Waals surface area (Å²) in [5.41, 5.74) is 4.98. The summed E-state index contributed by atoms with van der Waals surface area (Å²) in [5, 5.41) is 0. The first-order valence-electron chi connectivity index (χ1n) is 4.55. The van der Waals surface area contributed by atoms with Crippen molar-refractivity contribution in [1.82, 2.24) is 0 Å². The maximum absolute atomic E-state index is 12.6. The second kappa shape index (κ2) is 5.14. The highest BCUT2D eigenvalue weighted by atomic mass is 79.9. The molecule has 96 valence electrons. The van der Waals surface area contributed by atoms with E-state index in [4.69, 9.17) is 15.2 Å². The van der Waals surface area contributed by atoms with Gasteiger partial charge in [-0.2, -0.15) is 13.2 Å². The quantitative estimate of drug-likeness (QED) is 0.933. The smallest absolute Gasteiger partial charge is 0.407 e. The lowest BCUT2D eigenvalue weighted by Gasteiger charge is -2.19. The summed E-state index contributed by atoms with van der Waals surface area (Å²) >= 11 is 3.15. The largest absolute Gasteiger partial charge is 0.496 e. The number of methoxy groups -OCH3 is 2. The zero-order chi connectivity index (χ0) is 13.2. The third-order valence-electron chi connectivity index (χ3n) is 2.19. The van der Waals surface area contributed by atoms with Crippen LogP contribution in [0.1, 0.15) is 11.6 Å². The predicted octanol–water partition coefficient (Wildman–Crippen LogP) is 3.03. The summed E-state index contributed by atoms with van der Waals surface area (Å²) in [6.07, 6.45) is -4.54. The standard InChI is InChI=1S/C10H11BrF3NO2/c1-16-7-4-6(11)8(17-2)3-5(7)9(15)10(12,13)14/h3-4,9H,15H2,1-2H3. The molecule has 0 radical (unpaired) electrons. The molecule has 0 aliphatic rings. The Bertz CT molecular complexity index is 409. The van der Waals surface area contributed by atoms with Crippen molar-refractivity contribution in [3.8, 4) is 11.5 Å². The Morgan fingerprint density at radius 1 is 1.18 bits per heavy atom. The van der Waals surface area contributed by atoms with Crippen LogP contribution < -0.4 is 15.2 Å². The van der Waals surface area contributed by atoms with Crippen molar-refractivity contribution < 1.29 is 22.6 Å². The Balaban J connectivity index is 3.30. The van der Waals surface area contributed by atoms with E-state index in [0.29, 0.717) is 4.47 Å². The van der Waals surface area contributed by atoms with Crippen LogP contribution in [0.3, 0.4) is 0 Å². The molecular formula is C10H11BrF3NO2. The Kier molecular flexibility index (Phi) is 4.26. The summed E-state index contributed by atoms with van der Waals surface area (Å²) in [6.45, 7) is 0. The maximum atomic E-state index is 12.6. The number of hydrogen-bond acceptors (Lipinski definition) is 3. The zero-order valence-electron chi connectivity index (χ0n) is 9.14. The molecule has 1 unspecified atom stereocenters. The van der Waals surface area contributed by atoms with Crippen LogP contribution in [-0.2, 0) is 0 Å². The Morgan fingerprint density at radius 2 is 1.71 bits per heavy atom. The molecule has 0 fully saturated rings. The molecule has 1 aromatic carbocycles. The van der Waals surface area contributed by atoms with Gasteiger partial charge in [0.2, 0.25) is 0 Å². The van der Waals surface area contributed by atoms with Crippen molar-refractivity contribution >= 4 is 15.9 Å². The molecule has 0 aromatic heterocycles. The van der Waals surface area contributed by atoms with Gasteiger partial charge in [-0.1, -0.05) is 0 Å². The zero-order valence-corrected chi connectivity index (χ0v) is 10.7. The minimum Gasteiger partial charge on any atom is -0.496 e. The van der Waals surface area contributed by atoms with Gasteiger partial charge in [-0.25, -0.2) is 0 Å². The van der Waals surface area contributed by atoms with Crippen LogP contribution in [0.25, 0.3) is 0 Å². The molecule has 1 rings (SSSR count). The van der Waals surface area contributed by atoms with Crippen molar-refractivity contribution in [3.05, 3.63) is 22.2 Å². The van der Waals surface area contributed by atoms with Gasteiger partial charge in [-0.15, -0.1) is 0 Å². The number of hydrogen-bond donors (Lipinski definition) is 1. The molecule has 1 aromatic rings. The normalized spacial score (nSPS) is 13.4. The first kappa shape index (κ1) is 14.1. The van der Waals surface area contributed by atoms with E-state index in [-0.39, 0.29) is 17.1 Å². The van der Waals surface area contributed by atoms with Crippen LogP contribution in [-0.4, -0.2) is 20.4 Å². The van der Waals surface area contributed by atoms with E-state index in [1.807, 2.05) is 0 Å². The number of halogens is 4. The molecule has 2 N–H and O–H groups in total. The molecule has 0 amide bonds. The molecule has 0 aliphatic carbocycles. The summed E-state index contributed by atoms with van der Waals surface area (Å²) in [7, 11) is 2.64. The van der Waals surface area contributed by atoms with Crippen molar-refractivity contribution in [2.45, 2.75) is 12.2 Å². The van der Waals surface area contributed by atoms with Crippen molar-refractivity contribution in [1.29, 1.82) is 0 Å². The van der Waals surface area contributed by atoms with Crippen molar-refractivity contribution in [2.75, 3.05) is 14.2 Å². The molecule has 0 bridgehead atoms. The van der Waals surface area contributed by atoms with Crippen LogP contribution in [0.4, 0.5) is 13.2 Å². The SMILES string of the molecule is COc1cc(C(N)C(F)(F)F)c(OC)cc1Br. The first-order valence-corrected chi connectivity index (χ1v) is 5.34. The Hall–Kier alpha value is -0.950. The molecule has 0 saturated carbocycles. The highest BCUT2D eigenvalue weighted by Crippen LogP contribution is 2.40. The minimum atomic E-state index is -4.54. The van der Waals surface area contributed by atoms with Gasteiger partial charge < -0.3 is 15.2 Å². The summed E-state index contributed by atoms with van der Waals surface area (Å²) in [5.74, 6) is 0.322. The van der Waals surface area contributed by atoms with E-state index in [1.54, 1.807) is 0 Å². The number of alkyl halides is 3. The highest BCUT2D eigenvalue weighted by molar-refractivity contribution is 9.10. The van der Waals surface area contributed by atoms with Gasteiger partial charge in [0, 0.05) is 5.56 Å². The third-order valence-corrected chi connectivity index (χ3v) is 2.81. The molecule has 0 saturated heterocycles. The van der Waals surface area contributed by atoms with Crippen LogP contribution in [0.5, 0.6) is 11.5 Å². The average Bonchev–Trinajstić information content (AvgIpc) is 2.26. The first-order chi connectivity index (χ1) is 7.81. The fraction of sp³-hybridized carbons (Fsp3) is 0.400. The topological polar surface area (TPSA) is 44.5 Å². The van der Waals surface area contributed by atoms with Gasteiger partial charge in [0.05, 0.1) is 18.7 Å². The van der Waals surface area contributed by atoms with E-state index in [9.17, 15) is 13.2 Å². The average molecular weight is 314 g/mol. The molecule has 17 heavy (non-hydrogen) atoms. The Morgan fingerprint density at radius 3 is 2.12 bits per heavy atom. The molecule has 1 atom stereocenters. The molecule has 0 spiro atoms. The van der Waals surface area contributed by atoms with Crippen LogP contribution in [0.2, 0.25) is 0 Å². The van der Waals surface area contributed by atoms with Crippen LogP contribution in [0, 0.1) is 0 Å². The van der Waals surface area contributed by atoms with E-state index < -0.39 is 12.2 Å². The van der Waals surface area contributed by atoms with Gasteiger partial charge in [-0.3, -0.25) is 0 Å². The summed E-state index contributed by atoms with van der Waals surface area (Å²) in [4.78, 5) is 0. The highest BCUT2D eigenvalue weighted by Gasteiger charge is 2.39. The third kappa shape index (κ3) is 3.04. The summed E-state index contributed by atoms with van der Waals surface area (Å²) in [6, 6.07) is 0.486. The van der Waals surface area contributed by atoms with Gasteiger partial charge >= 0.3 is 6.18 Å². The predicted molar refractivity (Wildman–Crippen MR) is 60.2 cm³/mol. The van der Waals surface area contributed by atoms with Gasteiger partial charge in [-0.05, 0) is 28.1 Å². The lowest BCUT2D eigenvalue weighted by Crippen LogP contribution is -2.28. The van der Waals surface area contributed by atoms with Crippen LogP contribution >= 0.6 is 15.9 Å². The monoisotopic (exact) mass is 313 g/mol. The number of benzene rings is 1. The van der Waals surface area contributed by atoms with Gasteiger partial charge in [0.25, 0.3) is 0 Å². The van der Waals surface area contributed by atoms with E-state index in [1.165, 1.54) is 26.4 Å². The van der Waals surface area contributed by atoms with E-state index in [2.05, 4.69) is 15.9 Å². The second-order valence-electron chi connectivity index (χ2n) is 3.25. The maximum Gasteiger partial charge on any atom is 0.407 e. The molecule has 0 heterocycles. The number of rotatable bonds is 3. The lowest BCUT2D eigenvalue weighted by molar-refractivity contribution is -0.149. The molecule has 0 aliphatic heterocycles. The van der Waals surface area contributed by atoms with Crippen molar-refractivity contribution in [2.24, 2.45) is 5.73 Å². The number of nitrogens with two attached hydrogens (primary N) is 1. The molecule has 7 heteroatoms. The summed E-state index contributed by atoms with van der Waals surface area (Å²) < 4.78 is 48.0. The molecular weight excluding hydrogens is 303 g/mol.